The first kappa shape index (κ1) is 18.1. The summed E-state index contributed by atoms with van der Waals surface area (Å²) in [5.41, 5.74) is 1.15. The van der Waals surface area contributed by atoms with Crippen LogP contribution in [0.4, 0.5) is 0 Å². The summed E-state index contributed by atoms with van der Waals surface area (Å²) in [5.74, 6) is -0.515. The van der Waals surface area contributed by atoms with Crippen molar-refractivity contribution in [1.82, 2.24) is 15.3 Å². The monoisotopic (exact) mass is 379 g/mol. The molecule has 0 aromatic carbocycles. The van der Waals surface area contributed by atoms with Crippen LogP contribution in [0.3, 0.4) is 0 Å². The number of fused-ring (bicyclic) bond motifs is 1. The fourth-order valence-corrected chi connectivity index (χ4v) is 4.83. The predicted molar refractivity (Wildman–Crippen MR) is 99.0 cm³/mol. The molecule has 1 N–H and O–H groups in total. The molecule has 25 heavy (non-hydrogen) atoms. The summed E-state index contributed by atoms with van der Waals surface area (Å²) in [6, 6.07) is 0.236. The summed E-state index contributed by atoms with van der Waals surface area (Å²) in [6.45, 7) is 3.87. The van der Waals surface area contributed by atoms with Gasteiger partial charge in [-0.1, -0.05) is 24.6 Å². The number of nitrogens with zero attached hydrogens (tertiary/aromatic N) is 2. The van der Waals surface area contributed by atoms with E-state index in [2.05, 4.69) is 15.3 Å². The lowest BCUT2D eigenvalue weighted by atomic mass is 10.2. The third-order valence-corrected chi connectivity index (χ3v) is 6.42. The van der Waals surface area contributed by atoms with Gasteiger partial charge < -0.3 is 10.1 Å². The van der Waals surface area contributed by atoms with Crippen LogP contribution in [0.25, 0.3) is 10.2 Å². The van der Waals surface area contributed by atoms with Gasteiger partial charge in [-0.3, -0.25) is 9.59 Å². The molecule has 1 fully saturated rings. The maximum Gasteiger partial charge on any atom is 0.316 e. The lowest BCUT2D eigenvalue weighted by molar-refractivity contribution is -0.146. The van der Waals surface area contributed by atoms with Crippen molar-refractivity contribution in [2.75, 3.05) is 12.4 Å². The van der Waals surface area contributed by atoms with Crippen molar-refractivity contribution in [2.24, 2.45) is 0 Å². The topological polar surface area (TPSA) is 81.2 Å². The quantitative estimate of drug-likeness (QED) is 0.472. The maximum absolute atomic E-state index is 11.9. The van der Waals surface area contributed by atoms with E-state index in [9.17, 15) is 9.59 Å². The van der Waals surface area contributed by atoms with Gasteiger partial charge in [0.25, 0.3) is 5.91 Å². The van der Waals surface area contributed by atoms with Gasteiger partial charge in [-0.15, -0.1) is 11.3 Å². The summed E-state index contributed by atoms with van der Waals surface area (Å²) in [7, 11) is 0. The molecule has 1 saturated carbocycles. The van der Waals surface area contributed by atoms with E-state index in [0.717, 1.165) is 46.5 Å². The number of carbonyl (C=O) groups is 2. The largest absolute Gasteiger partial charge is 0.455 e. The number of hydrogen-bond acceptors (Lipinski definition) is 7. The predicted octanol–water partition coefficient (Wildman–Crippen LogP) is 3.00. The van der Waals surface area contributed by atoms with Crippen LogP contribution in [0.1, 0.15) is 36.1 Å². The van der Waals surface area contributed by atoms with E-state index in [1.54, 1.807) is 11.3 Å². The number of rotatable bonds is 6. The molecular formula is C17H21N3O3S2. The number of amides is 1. The molecule has 0 spiro atoms. The molecule has 2 aromatic rings. The number of thiophene rings is 1. The van der Waals surface area contributed by atoms with Crippen LogP contribution in [-0.2, 0) is 14.3 Å². The minimum absolute atomic E-state index is 0.122. The van der Waals surface area contributed by atoms with Gasteiger partial charge in [-0.2, -0.15) is 0 Å². The van der Waals surface area contributed by atoms with Gasteiger partial charge in [-0.25, -0.2) is 9.97 Å². The Bertz CT molecular complexity index is 785. The fourth-order valence-electron chi connectivity index (χ4n) is 2.91. The standard InChI is InChI=1S/C17H21N3O3S2/c1-10-11(2)25-17-15(10)16(18-9-19-17)24-8-14(22)23-7-13(21)20-12-5-3-4-6-12/h9,12H,3-8H2,1-2H3,(H,20,21). The first-order valence-electron chi connectivity index (χ1n) is 8.33. The van der Waals surface area contributed by atoms with Crippen molar-refractivity contribution >= 4 is 45.2 Å². The molecule has 0 bridgehead atoms. The van der Waals surface area contributed by atoms with E-state index in [1.165, 1.54) is 23.0 Å². The zero-order valence-electron chi connectivity index (χ0n) is 14.3. The molecule has 0 aliphatic heterocycles. The molecule has 3 rings (SSSR count). The summed E-state index contributed by atoms with van der Waals surface area (Å²) < 4.78 is 5.07. The number of ether oxygens (including phenoxy) is 1. The maximum atomic E-state index is 11.9. The second kappa shape index (κ2) is 8.14. The van der Waals surface area contributed by atoms with Gasteiger partial charge in [0.05, 0.1) is 5.75 Å². The first-order chi connectivity index (χ1) is 12.0. The number of carbonyl (C=O) groups excluding carboxylic acids is 2. The molecule has 134 valence electrons. The van der Waals surface area contributed by atoms with Crippen LogP contribution in [-0.4, -0.2) is 40.2 Å². The Hall–Kier alpha value is -1.67. The summed E-state index contributed by atoms with van der Waals surface area (Å²) in [6.07, 6.45) is 5.84. The molecule has 6 nitrogen and oxygen atoms in total. The average Bonchev–Trinajstić information content (AvgIpc) is 3.20. The van der Waals surface area contributed by atoms with Gasteiger partial charge >= 0.3 is 5.97 Å². The Balaban J connectivity index is 1.50. The van der Waals surface area contributed by atoms with Crippen molar-refractivity contribution in [3.63, 3.8) is 0 Å². The van der Waals surface area contributed by atoms with Crippen LogP contribution in [0.2, 0.25) is 0 Å². The molecule has 1 amide bonds. The third kappa shape index (κ3) is 4.49. The zero-order valence-corrected chi connectivity index (χ0v) is 16.0. The van der Waals surface area contributed by atoms with E-state index in [-0.39, 0.29) is 24.3 Å². The van der Waals surface area contributed by atoms with Crippen LogP contribution >= 0.6 is 23.1 Å². The van der Waals surface area contributed by atoms with E-state index in [0.29, 0.717) is 0 Å². The number of hydrogen-bond donors (Lipinski definition) is 1. The Morgan fingerprint density at radius 3 is 2.84 bits per heavy atom. The Kier molecular flexibility index (Phi) is 5.90. The number of nitrogens with one attached hydrogen (secondary N) is 1. The SMILES string of the molecule is Cc1sc2ncnc(SCC(=O)OCC(=O)NC3CCCC3)c2c1C. The van der Waals surface area contributed by atoms with Gasteiger partial charge in [0.15, 0.2) is 6.61 Å². The number of aromatic nitrogens is 2. The van der Waals surface area contributed by atoms with Gasteiger partial charge in [0.2, 0.25) is 0 Å². The second-order valence-electron chi connectivity index (χ2n) is 6.14. The van der Waals surface area contributed by atoms with Crippen LogP contribution in [0, 0.1) is 13.8 Å². The van der Waals surface area contributed by atoms with Gasteiger partial charge in [0.1, 0.15) is 16.2 Å². The van der Waals surface area contributed by atoms with Crippen LogP contribution in [0.15, 0.2) is 11.4 Å². The molecule has 1 aliphatic carbocycles. The lowest BCUT2D eigenvalue weighted by Crippen LogP contribution is -2.36. The average molecular weight is 380 g/mol. The molecule has 0 radical (unpaired) electrons. The Morgan fingerprint density at radius 1 is 1.32 bits per heavy atom. The highest BCUT2D eigenvalue weighted by atomic mass is 32.2. The molecule has 8 heteroatoms. The molecule has 2 heterocycles. The fraction of sp³-hybridized carbons (Fsp3) is 0.529. The molecular weight excluding hydrogens is 358 g/mol. The van der Waals surface area contributed by atoms with E-state index >= 15 is 0 Å². The number of esters is 1. The highest BCUT2D eigenvalue weighted by Gasteiger charge is 2.18. The molecule has 1 aliphatic rings. The van der Waals surface area contributed by atoms with Crippen molar-refractivity contribution < 1.29 is 14.3 Å². The van der Waals surface area contributed by atoms with Crippen LogP contribution < -0.4 is 5.32 Å². The smallest absolute Gasteiger partial charge is 0.316 e. The minimum atomic E-state index is -0.414. The highest BCUT2D eigenvalue weighted by molar-refractivity contribution is 8.00. The Morgan fingerprint density at radius 2 is 2.08 bits per heavy atom. The molecule has 0 atom stereocenters. The lowest BCUT2D eigenvalue weighted by Gasteiger charge is -2.11. The molecule has 0 saturated heterocycles. The molecule has 0 unspecified atom stereocenters. The summed E-state index contributed by atoms with van der Waals surface area (Å²) >= 11 is 2.94. The van der Waals surface area contributed by atoms with E-state index in [4.69, 9.17) is 4.74 Å². The van der Waals surface area contributed by atoms with Crippen molar-refractivity contribution in [1.29, 1.82) is 0 Å². The highest BCUT2D eigenvalue weighted by Crippen LogP contribution is 2.34. The summed E-state index contributed by atoms with van der Waals surface area (Å²) in [5, 5.41) is 4.68. The normalized spacial score (nSPS) is 14.8. The Labute approximate surface area is 154 Å². The second-order valence-corrected chi connectivity index (χ2v) is 8.31. The number of aryl methyl sites for hydroxylation is 2. The zero-order chi connectivity index (χ0) is 17.8. The van der Waals surface area contributed by atoms with E-state index < -0.39 is 5.97 Å². The minimum Gasteiger partial charge on any atom is -0.455 e. The summed E-state index contributed by atoms with van der Waals surface area (Å²) in [4.78, 5) is 34.4. The number of thioether (sulfide) groups is 1. The van der Waals surface area contributed by atoms with E-state index in [1.807, 2.05) is 13.8 Å². The van der Waals surface area contributed by atoms with Crippen LogP contribution in [0.5, 0.6) is 0 Å². The first-order valence-corrected chi connectivity index (χ1v) is 10.1. The van der Waals surface area contributed by atoms with Gasteiger partial charge in [-0.05, 0) is 32.3 Å². The third-order valence-electron chi connectivity index (χ3n) is 4.34. The van der Waals surface area contributed by atoms with Gasteiger partial charge in [0, 0.05) is 16.3 Å². The molecule has 2 aromatic heterocycles. The van der Waals surface area contributed by atoms with Crippen molar-refractivity contribution in [3.8, 4) is 0 Å². The van der Waals surface area contributed by atoms with Crippen molar-refractivity contribution in [2.45, 2.75) is 50.6 Å². The van der Waals surface area contributed by atoms with Crippen molar-refractivity contribution in [3.05, 3.63) is 16.8 Å².